The Bertz CT molecular complexity index is 565. The number of aromatic hydroxyl groups is 1. The summed E-state index contributed by atoms with van der Waals surface area (Å²) in [6.45, 7) is 6.44. The maximum absolute atomic E-state index is 10.0. The third-order valence-electron chi connectivity index (χ3n) is 3.83. The molecule has 2 unspecified atom stereocenters. The van der Waals surface area contributed by atoms with Crippen LogP contribution in [0.4, 0.5) is 0 Å². The van der Waals surface area contributed by atoms with E-state index in [-0.39, 0.29) is 12.1 Å². The van der Waals surface area contributed by atoms with E-state index in [4.69, 9.17) is 0 Å². The van der Waals surface area contributed by atoms with Crippen LogP contribution in [-0.4, -0.2) is 5.11 Å². The van der Waals surface area contributed by atoms with Gasteiger partial charge in [0.05, 0.1) is 0 Å². The van der Waals surface area contributed by atoms with Crippen LogP contribution in [0, 0.1) is 6.92 Å². The summed E-state index contributed by atoms with van der Waals surface area (Å²) in [4.78, 5) is 0. The molecular formula is C18H23NO. The lowest BCUT2D eigenvalue weighted by Gasteiger charge is -2.24. The van der Waals surface area contributed by atoms with E-state index in [9.17, 15) is 5.11 Å². The van der Waals surface area contributed by atoms with Crippen molar-refractivity contribution in [3.05, 3.63) is 65.2 Å². The fraction of sp³-hybridized carbons (Fsp3) is 0.333. The second kappa shape index (κ2) is 6.58. The quantitative estimate of drug-likeness (QED) is 0.837. The molecule has 2 heteroatoms. The predicted molar refractivity (Wildman–Crippen MR) is 83.9 cm³/mol. The Kier molecular flexibility index (Phi) is 4.80. The first-order valence-corrected chi connectivity index (χ1v) is 7.23. The van der Waals surface area contributed by atoms with Gasteiger partial charge >= 0.3 is 0 Å². The van der Waals surface area contributed by atoms with Crippen LogP contribution in [0.3, 0.4) is 0 Å². The molecule has 106 valence electrons. The minimum Gasteiger partial charge on any atom is -0.508 e. The summed E-state index contributed by atoms with van der Waals surface area (Å²) in [5.74, 6) is 0.365. The van der Waals surface area contributed by atoms with Gasteiger partial charge in [0.1, 0.15) is 5.75 Å². The Balaban J connectivity index is 2.19. The van der Waals surface area contributed by atoms with Crippen molar-refractivity contribution < 1.29 is 5.11 Å². The van der Waals surface area contributed by atoms with E-state index in [2.05, 4.69) is 50.4 Å². The lowest BCUT2D eigenvalue weighted by molar-refractivity contribution is 0.419. The second-order valence-electron chi connectivity index (χ2n) is 5.26. The summed E-state index contributed by atoms with van der Waals surface area (Å²) in [7, 11) is 0. The summed E-state index contributed by atoms with van der Waals surface area (Å²) in [6, 6.07) is 16.4. The van der Waals surface area contributed by atoms with Crippen molar-refractivity contribution in [2.24, 2.45) is 0 Å². The largest absolute Gasteiger partial charge is 0.508 e. The van der Waals surface area contributed by atoms with Crippen molar-refractivity contribution in [3.63, 3.8) is 0 Å². The molecule has 0 spiro atoms. The van der Waals surface area contributed by atoms with Crippen LogP contribution in [0.5, 0.6) is 5.75 Å². The first-order chi connectivity index (χ1) is 9.63. The highest BCUT2D eigenvalue weighted by atomic mass is 16.3. The zero-order valence-electron chi connectivity index (χ0n) is 12.4. The molecule has 0 fully saturated rings. The minimum atomic E-state index is 0.158. The van der Waals surface area contributed by atoms with Gasteiger partial charge in [-0.1, -0.05) is 49.4 Å². The van der Waals surface area contributed by atoms with Crippen LogP contribution in [0.25, 0.3) is 0 Å². The fourth-order valence-corrected chi connectivity index (χ4v) is 2.67. The summed E-state index contributed by atoms with van der Waals surface area (Å²) in [6.07, 6.45) is 0.938. The molecule has 0 heterocycles. The first-order valence-electron chi connectivity index (χ1n) is 7.23. The van der Waals surface area contributed by atoms with E-state index >= 15 is 0 Å². The Morgan fingerprint density at radius 2 is 1.60 bits per heavy atom. The fourth-order valence-electron chi connectivity index (χ4n) is 2.67. The number of benzene rings is 2. The van der Waals surface area contributed by atoms with Crippen LogP contribution < -0.4 is 5.32 Å². The molecule has 20 heavy (non-hydrogen) atoms. The zero-order valence-corrected chi connectivity index (χ0v) is 12.4. The van der Waals surface area contributed by atoms with Gasteiger partial charge in [0.15, 0.2) is 0 Å². The van der Waals surface area contributed by atoms with Crippen LogP contribution in [0.2, 0.25) is 0 Å². The predicted octanol–water partition coefficient (Wildman–Crippen LogP) is 4.50. The van der Waals surface area contributed by atoms with Crippen molar-refractivity contribution in [1.82, 2.24) is 5.32 Å². The monoisotopic (exact) mass is 269 g/mol. The van der Waals surface area contributed by atoms with Gasteiger partial charge < -0.3 is 10.4 Å². The van der Waals surface area contributed by atoms with Crippen molar-refractivity contribution in [2.75, 3.05) is 0 Å². The van der Waals surface area contributed by atoms with Gasteiger partial charge in [0, 0.05) is 17.6 Å². The van der Waals surface area contributed by atoms with Crippen LogP contribution in [0.1, 0.15) is 49.0 Å². The van der Waals surface area contributed by atoms with Crippen LogP contribution >= 0.6 is 0 Å². The van der Waals surface area contributed by atoms with E-state index in [1.54, 1.807) is 6.07 Å². The average Bonchev–Trinajstić information content (AvgIpc) is 2.46. The van der Waals surface area contributed by atoms with E-state index in [0.717, 1.165) is 12.0 Å². The number of nitrogens with one attached hydrogen (secondary N) is 1. The summed E-state index contributed by atoms with van der Waals surface area (Å²) in [5.41, 5.74) is 3.57. The lowest BCUT2D eigenvalue weighted by Crippen LogP contribution is -2.24. The second-order valence-corrected chi connectivity index (χ2v) is 5.26. The van der Waals surface area contributed by atoms with Gasteiger partial charge in [-0.25, -0.2) is 0 Å². The van der Waals surface area contributed by atoms with Gasteiger partial charge in [-0.3, -0.25) is 0 Å². The molecule has 0 saturated heterocycles. The molecule has 0 amide bonds. The minimum absolute atomic E-state index is 0.158. The molecule has 0 aliphatic heterocycles. The summed E-state index contributed by atoms with van der Waals surface area (Å²) in [5, 5.41) is 13.6. The Hall–Kier alpha value is -1.80. The smallest absolute Gasteiger partial charge is 0.120 e. The average molecular weight is 269 g/mol. The maximum Gasteiger partial charge on any atom is 0.120 e. The third-order valence-corrected chi connectivity index (χ3v) is 3.83. The van der Waals surface area contributed by atoms with E-state index in [0.29, 0.717) is 5.75 Å². The summed E-state index contributed by atoms with van der Waals surface area (Å²) >= 11 is 0. The first kappa shape index (κ1) is 14.6. The summed E-state index contributed by atoms with van der Waals surface area (Å²) < 4.78 is 0. The van der Waals surface area contributed by atoms with Crippen molar-refractivity contribution in [3.8, 4) is 5.75 Å². The number of para-hydroxylation sites is 1. The highest BCUT2D eigenvalue weighted by Gasteiger charge is 2.17. The molecule has 2 N–H and O–H groups in total. The number of hydrogen-bond donors (Lipinski definition) is 2. The lowest BCUT2D eigenvalue weighted by atomic mass is 9.98. The number of phenolic OH excluding ortho intramolecular Hbond substituents is 1. The highest BCUT2D eigenvalue weighted by molar-refractivity contribution is 5.35. The number of hydrogen-bond acceptors (Lipinski definition) is 2. The van der Waals surface area contributed by atoms with Gasteiger partial charge in [0.2, 0.25) is 0 Å². The molecule has 2 nitrogen and oxygen atoms in total. The van der Waals surface area contributed by atoms with E-state index in [1.165, 1.54) is 11.1 Å². The SMILES string of the molecule is CCC(NC(C)c1ccccc1C)c1ccccc1O. The van der Waals surface area contributed by atoms with Gasteiger partial charge in [0.25, 0.3) is 0 Å². The van der Waals surface area contributed by atoms with Gasteiger partial charge in [-0.05, 0) is 37.5 Å². The molecule has 0 radical (unpaired) electrons. The van der Waals surface area contributed by atoms with Crippen LogP contribution in [0.15, 0.2) is 48.5 Å². The molecule has 0 bridgehead atoms. The Morgan fingerprint density at radius 3 is 2.20 bits per heavy atom. The molecule has 2 aromatic rings. The topological polar surface area (TPSA) is 32.3 Å². The van der Waals surface area contributed by atoms with Crippen molar-refractivity contribution in [1.29, 1.82) is 0 Å². The van der Waals surface area contributed by atoms with Crippen molar-refractivity contribution >= 4 is 0 Å². The molecule has 0 saturated carbocycles. The molecular weight excluding hydrogens is 246 g/mol. The van der Waals surface area contributed by atoms with Gasteiger partial charge in [-0.15, -0.1) is 0 Å². The van der Waals surface area contributed by atoms with E-state index < -0.39 is 0 Å². The normalized spacial score (nSPS) is 13.9. The van der Waals surface area contributed by atoms with Gasteiger partial charge in [-0.2, -0.15) is 0 Å². The zero-order chi connectivity index (χ0) is 14.5. The molecule has 0 aliphatic carbocycles. The molecule has 2 atom stereocenters. The standard InChI is InChI=1S/C18H23NO/c1-4-17(16-11-7-8-12-18(16)20)19-14(3)15-10-6-5-9-13(15)2/h5-12,14,17,19-20H,4H2,1-3H3. The number of phenols is 1. The maximum atomic E-state index is 10.0. The Morgan fingerprint density at radius 1 is 1.00 bits per heavy atom. The van der Waals surface area contributed by atoms with Crippen molar-refractivity contribution in [2.45, 2.75) is 39.3 Å². The molecule has 2 rings (SSSR count). The van der Waals surface area contributed by atoms with Crippen LogP contribution in [-0.2, 0) is 0 Å². The molecule has 0 aromatic heterocycles. The number of rotatable bonds is 5. The third kappa shape index (κ3) is 3.20. The van der Waals surface area contributed by atoms with E-state index in [1.807, 2.05) is 18.2 Å². The molecule has 0 aliphatic rings. The molecule has 2 aromatic carbocycles. The Labute approximate surface area is 121 Å². The highest BCUT2D eigenvalue weighted by Crippen LogP contribution is 2.29. The number of aryl methyl sites for hydroxylation is 1.